The van der Waals surface area contributed by atoms with Crippen LogP contribution in [0.5, 0.6) is 0 Å². The Bertz CT molecular complexity index is 479. The van der Waals surface area contributed by atoms with E-state index in [9.17, 15) is 0 Å². The molecule has 0 aromatic carbocycles. The quantitative estimate of drug-likeness (QED) is 0.487. The number of nitrogens with zero attached hydrogens (tertiary/aromatic N) is 3. The van der Waals surface area contributed by atoms with Crippen molar-refractivity contribution in [3.63, 3.8) is 0 Å². The first-order valence-corrected chi connectivity index (χ1v) is 5.63. The molecule has 6 heteroatoms. The Hall–Kier alpha value is -1.43. The van der Waals surface area contributed by atoms with E-state index in [1.807, 2.05) is 25.4 Å². The van der Waals surface area contributed by atoms with Crippen LogP contribution in [0, 0.1) is 0 Å². The van der Waals surface area contributed by atoms with Crippen LogP contribution in [0.1, 0.15) is 17.3 Å². The molecular formula is C11H14ClN5. The molecule has 1 atom stereocenters. The summed E-state index contributed by atoms with van der Waals surface area (Å²) in [7, 11) is 1.89. The number of nitrogens with two attached hydrogens (primary N) is 1. The minimum absolute atomic E-state index is 0.0188. The highest BCUT2D eigenvalue weighted by molar-refractivity contribution is 6.29. The Kier molecular flexibility index (Phi) is 3.73. The van der Waals surface area contributed by atoms with Crippen molar-refractivity contribution >= 4 is 11.6 Å². The highest BCUT2D eigenvalue weighted by Gasteiger charge is 2.12. The van der Waals surface area contributed by atoms with E-state index in [1.54, 1.807) is 16.9 Å². The predicted octanol–water partition coefficient (Wildman–Crippen LogP) is 1.22. The molecule has 0 bridgehead atoms. The lowest BCUT2D eigenvalue weighted by atomic mass is 10.1. The van der Waals surface area contributed by atoms with Crippen molar-refractivity contribution in [3.8, 4) is 0 Å². The van der Waals surface area contributed by atoms with E-state index in [2.05, 4.69) is 15.5 Å². The molecule has 2 heterocycles. The fourth-order valence-electron chi connectivity index (χ4n) is 1.65. The largest absolute Gasteiger partial charge is 0.276 e. The maximum absolute atomic E-state index is 5.74. The molecule has 3 N–H and O–H groups in total. The summed E-state index contributed by atoms with van der Waals surface area (Å²) in [6.07, 6.45) is 4.33. The molecule has 0 aliphatic carbocycles. The Morgan fingerprint density at radius 1 is 1.47 bits per heavy atom. The van der Waals surface area contributed by atoms with Gasteiger partial charge in [0, 0.05) is 25.9 Å². The third kappa shape index (κ3) is 3.03. The van der Waals surface area contributed by atoms with Gasteiger partial charge in [0.15, 0.2) is 0 Å². The second kappa shape index (κ2) is 5.27. The van der Waals surface area contributed by atoms with E-state index in [0.717, 1.165) is 11.3 Å². The van der Waals surface area contributed by atoms with Crippen LogP contribution in [0.15, 0.2) is 30.6 Å². The second-order valence-corrected chi connectivity index (χ2v) is 4.21. The number of nitrogens with one attached hydrogen (secondary N) is 1. The van der Waals surface area contributed by atoms with Gasteiger partial charge in [0.1, 0.15) is 5.15 Å². The Morgan fingerprint density at radius 2 is 2.29 bits per heavy atom. The van der Waals surface area contributed by atoms with E-state index in [1.165, 1.54) is 0 Å². The van der Waals surface area contributed by atoms with Gasteiger partial charge in [-0.1, -0.05) is 17.7 Å². The van der Waals surface area contributed by atoms with Crippen LogP contribution in [-0.2, 0) is 13.5 Å². The number of hydrogen-bond donors (Lipinski definition) is 2. The highest BCUT2D eigenvalue weighted by atomic mass is 35.5. The van der Waals surface area contributed by atoms with Crippen LogP contribution in [0.2, 0.25) is 5.15 Å². The molecule has 2 aromatic heterocycles. The van der Waals surface area contributed by atoms with Gasteiger partial charge in [-0.15, -0.1) is 0 Å². The predicted molar refractivity (Wildman–Crippen MR) is 66.2 cm³/mol. The zero-order chi connectivity index (χ0) is 12.3. The van der Waals surface area contributed by atoms with E-state index in [-0.39, 0.29) is 6.04 Å². The maximum Gasteiger partial charge on any atom is 0.129 e. The lowest BCUT2D eigenvalue weighted by Crippen LogP contribution is -2.29. The molecule has 0 amide bonds. The van der Waals surface area contributed by atoms with Gasteiger partial charge in [-0.2, -0.15) is 5.10 Å². The summed E-state index contributed by atoms with van der Waals surface area (Å²) in [5.74, 6) is 5.55. The van der Waals surface area contributed by atoms with Crippen molar-refractivity contribution in [2.75, 3.05) is 0 Å². The first kappa shape index (κ1) is 12.0. The fraction of sp³-hybridized carbons (Fsp3) is 0.273. The molecule has 0 fully saturated rings. The van der Waals surface area contributed by atoms with Gasteiger partial charge in [0.2, 0.25) is 0 Å². The molecule has 90 valence electrons. The van der Waals surface area contributed by atoms with Crippen molar-refractivity contribution in [1.29, 1.82) is 0 Å². The van der Waals surface area contributed by atoms with E-state index in [0.29, 0.717) is 11.6 Å². The summed E-state index contributed by atoms with van der Waals surface area (Å²) in [6, 6.07) is 5.60. The molecule has 0 saturated heterocycles. The van der Waals surface area contributed by atoms with Crippen LogP contribution < -0.4 is 11.3 Å². The number of aromatic nitrogens is 3. The number of halogens is 1. The third-order valence-electron chi connectivity index (χ3n) is 2.54. The second-order valence-electron chi connectivity index (χ2n) is 3.82. The molecule has 0 saturated carbocycles. The van der Waals surface area contributed by atoms with Crippen LogP contribution in [-0.4, -0.2) is 14.8 Å². The standard InChI is InChI=1S/C11H14ClN5/c1-17-5-4-9(16-17)6-10(15-13)8-2-3-11(12)14-7-8/h2-5,7,10,15H,6,13H2,1H3. The van der Waals surface area contributed by atoms with Gasteiger partial charge in [-0.3, -0.25) is 16.0 Å². The van der Waals surface area contributed by atoms with Crippen LogP contribution in [0.25, 0.3) is 0 Å². The number of hydrazine groups is 1. The lowest BCUT2D eigenvalue weighted by Gasteiger charge is -2.14. The monoisotopic (exact) mass is 251 g/mol. The molecule has 2 aromatic rings. The first-order chi connectivity index (χ1) is 8.19. The molecule has 5 nitrogen and oxygen atoms in total. The van der Waals surface area contributed by atoms with Crippen molar-refractivity contribution in [1.82, 2.24) is 20.2 Å². The molecule has 0 radical (unpaired) electrons. The summed E-state index contributed by atoms with van der Waals surface area (Å²) >= 11 is 5.74. The number of hydrogen-bond acceptors (Lipinski definition) is 4. The van der Waals surface area contributed by atoms with Crippen molar-refractivity contribution in [2.24, 2.45) is 12.9 Å². The molecule has 0 aliphatic rings. The number of rotatable bonds is 4. The molecule has 0 spiro atoms. The summed E-state index contributed by atoms with van der Waals surface area (Å²) in [5, 5.41) is 4.79. The van der Waals surface area contributed by atoms with Crippen LogP contribution in [0.3, 0.4) is 0 Å². The zero-order valence-corrected chi connectivity index (χ0v) is 10.2. The summed E-state index contributed by atoms with van der Waals surface area (Å²) in [6.45, 7) is 0. The number of aryl methyl sites for hydroxylation is 1. The average molecular weight is 252 g/mol. The van der Waals surface area contributed by atoms with E-state index < -0.39 is 0 Å². The minimum atomic E-state index is -0.0188. The topological polar surface area (TPSA) is 68.8 Å². The molecular weight excluding hydrogens is 238 g/mol. The molecule has 2 rings (SSSR count). The van der Waals surface area contributed by atoms with Crippen molar-refractivity contribution in [2.45, 2.75) is 12.5 Å². The normalized spacial score (nSPS) is 12.6. The summed E-state index contributed by atoms with van der Waals surface area (Å²) in [5.41, 5.74) is 4.73. The SMILES string of the molecule is Cn1ccc(CC(NN)c2ccc(Cl)nc2)n1. The van der Waals surface area contributed by atoms with Gasteiger partial charge >= 0.3 is 0 Å². The minimum Gasteiger partial charge on any atom is -0.276 e. The zero-order valence-electron chi connectivity index (χ0n) is 9.47. The van der Waals surface area contributed by atoms with Crippen molar-refractivity contribution < 1.29 is 0 Å². The molecule has 0 aliphatic heterocycles. The first-order valence-electron chi connectivity index (χ1n) is 5.25. The van der Waals surface area contributed by atoms with Crippen LogP contribution in [0.4, 0.5) is 0 Å². The molecule has 1 unspecified atom stereocenters. The van der Waals surface area contributed by atoms with Gasteiger partial charge < -0.3 is 0 Å². The summed E-state index contributed by atoms with van der Waals surface area (Å²) in [4.78, 5) is 4.04. The highest BCUT2D eigenvalue weighted by Crippen LogP contribution is 2.17. The Balaban J connectivity index is 2.13. The van der Waals surface area contributed by atoms with Gasteiger partial charge in [0.25, 0.3) is 0 Å². The Morgan fingerprint density at radius 3 is 2.82 bits per heavy atom. The third-order valence-corrected chi connectivity index (χ3v) is 2.76. The Labute approximate surface area is 105 Å². The average Bonchev–Trinajstić information content (AvgIpc) is 2.73. The summed E-state index contributed by atoms with van der Waals surface area (Å²) < 4.78 is 1.77. The molecule has 17 heavy (non-hydrogen) atoms. The van der Waals surface area contributed by atoms with E-state index >= 15 is 0 Å². The number of pyridine rings is 1. The van der Waals surface area contributed by atoms with Gasteiger partial charge in [0.05, 0.1) is 11.7 Å². The smallest absolute Gasteiger partial charge is 0.129 e. The van der Waals surface area contributed by atoms with Gasteiger partial charge in [-0.05, 0) is 17.7 Å². The van der Waals surface area contributed by atoms with Crippen LogP contribution >= 0.6 is 11.6 Å². The maximum atomic E-state index is 5.74. The van der Waals surface area contributed by atoms with Crippen molar-refractivity contribution in [3.05, 3.63) is 47.0 Å². The van der Waals surface area contributed by atoms with Gasteiger partial charge in [-0.25, -0.2) is 4.98 Å². The lowest BCUT2D eigenvalue weighted by molar-refractivity contribution is 0.540. The fourth-order valence-corrected chi connectivity index (χ4v) is 1.76. The van der Waals surface area contributed by atoms with E-state index in [4.69, 9.17) is 17.4 Å².